The van der Waals surface area contributed by atoms with E-state index in [-0.39, 0.29) is 0 Å². The molecule has 0 spiro atoms. The number of aryl methyl sites for hydroxylation is 2. The maximum absolute atomic E-state index is 6.64. The molecule has 0 atom stereocenters. The van der Waals surface area contributed by atoms with Crippen LogP contribution < -0.4 is 9.30 Å². The first-order valence-electron chi connectivity index (χ1n) is 11.0. The van der Waals surface area contributed by atoms with Gasteiger partial charge in [-0.1, -0.05) is 52.0 Å². The molecule has 2 heteroatoms. The summed E-state index contributed by atoms with van der Waals surface area (Å²) in [6, 6.07) is 15.8. The highest BCUT2D eigenvalue weighted by molar-refractivity contribution is 6.05. The highest BCUT2D eigenvalue weighted by atomic mass is 16.5. The first kappa shape index (κ1) is 19.1. The van der Waals surface area contributed by atoms with E-state index in [2.05, 4.69) is 95.6 Å². The van der Waals surface area contributed by atoms with Gasteiger partial charge in [0.25, 0.3) is 5.69 Å². The lowest BCUT2D eigenvalue weighted by atomic mass is 9.87. The summed E-state index contributed by atoms with van der Waals surface area (Å²) in [4.78, 5) is 0. The Hall–Kier alpha value is -2.87. The monoisotopic (exact) mass is 396 g/mol. The van der Waals surface area contributed by atoms with Gasteiger partial charge >= 0.3 is 0 Å². The Morgan fingerprint density at radius 2 is 1.63 bits per heavy atom. The van der Waals surface area contributed by atoms with Crippen molar-refractivity contribution in [3.8, 4) is 22.8 Å². The maximum Gasteiger partial charge on any atom is 0.256 e. The first-order chi connectivity index (χ1) is 14.3. The van der Waals surface area contributed by atoms with Crippen molar-refractivity contribution in [2.24, 2.45) is 7.05 Å². The Balaban J connectivity index is 1.95. The minimum atomic E-state index is 0.459. The van der Waals surface area contributed by atoms with Gasteiger partial charge in [-0.05, 0) is 59.4 Å². The average Bonchev–Trinajstić information content (AvgIpc) is 2.70. The summed E-state index contributed by atoms with van der Waals surface area (Å²) in [5, 5.41) is 3.79. The Morgan fingerprint density at radius 3 is 2.33 bits per heavy atom. The molecule has 4 aromatic rings. The van der Waals surface area contributed by atoms with E-state index in [0.717, 1.165) is 11.5 Å². The van der Waals surface area contributed by atoms with Gasteiger partial charge in [0.15, 0.2) is 5.75 Å². The van der Waals surface area contributed by atoms with Crippen LogP contribution in [0.5, 0.6) is 11.5 Å². The van der Waals surface area contributed by atoms with Gasteiger partial charge < -0.3 is 4.74 Å². The standard InChI is InChI=1S/C28H30NO/c1-15(2)19-12-20-11-17(5)18(6)26-27(20)24(13-19)30-25-14-22-21(16(3)4)9-8-10-23(22)29(7)28(25)26/h8-16H,1-7H3/q+1. The number of hydrogen-bond donors (Lipinski definition) is 0. The number of hydrogen-bond acceptors (Lipinski definition) is 1. The second kappa shape index (κ2) is 6.57. The van der Waals surface area contributed by atoms with E-state index in [0.29, 0.717) is 11.8 Å². The third-order valence-corrected chi connectivity index (χ3v) is 6.81. The van der Waals surface area contributed by atoms with Crippen molar-refractivity contribution in [1.29, 1.82) is 0 Å². The molecule has 152 valence electrons. The zero-order chi connectivity index (χ0) is 21.3. The number of rotatable bonds is 2. The van der Waals surface area contributed by atoms with Gasteiger partial charge in [-0.25, -0.2) is 0 Å². The predicted molar refractivity (Wildman–Crippen MR) is 126 cm³/mol. The fourth-order valence-electron chi connectivity index (χ4n) is 4.97. The molecular formula is C28H30NO+. The van der Waals surface area contributed by atoms with Crippen molar-refractivity contribution >= 4 is 21.7 Å². The molecule has 1 aromatic heterocycles. The lowest BCUT2D eigenvalue weighted by molar-refractivity contribution is -0.633. The molecule has 0 fully saturated rings. The van der Waals surface area contributed by atoms with E-state index in [4.69, 9.17) is 4.74 Å². The van der Waals surface area contributed by atoms with Gasteiger partial charge in [0.2, 0.25) is 5.52 Å². The van der Waals surface area contributed by atoms with Gasteiger partial charge in [-0.3, -0.25) is 0 Å². The molecular weight excluding hydrogens is 366 g/mol. The molecule has 30 heavy (non-hydrogen) atoms. The molecule has 0 radical (unpaired) electrons. The van der Waals surface area contributed by atoms with E-state index >= 15 is 0 Å². The number of benzene rings is 3. The van der Waals surface area contributed by atoms with Gasteiger partial charge in [-0.15, -0.1) is 0 Å². The molecule has 0 bridgehead atoms. The zero-order valence-corrected chi connectivity index (χ0v) is 19.1. The Labute approximate surface area is 179 Å². The first-order valence-corrected chi connectivity index (χ1v) is 11.0. The van der Waals surface area contributed by atoms with Crippen LogP contribution in [-0.4, -0.2) is 0 Å². The molecule has 1 aliphatic rings. The van der Waals surface area contributed by atoms with Crippen LogP contribution in [0.25, 0.3) is 32.9 Å². The third-order valence-electron chi connectivity index (χ3n) is 6.81. The van der Waals surface area contributed by atoms with Crippen molar-refractivity contribution in [2.75, 3.05) is 0 Å². The van der Waals surface area contributed by atoms with Crippen molar-refractivity contribution in [3.05, 3.63) is 64.7 Å². The number of ether oxygens (including phenoxy) is 1. The summed E-state index contributed by atoms with van der Waals surface area (Å²) >= 11 is 0. The molecule has 5 rings (SSSR count). The quantitative estimate of drug-likeness (QED) is 0.282. The smallest absolute Gasteiger partial charge is 0.256 e. The van der Waals surface area contributed by atoms with Crippen LogP contribution in [0, 0.1) is 13.8 Å². The highest BCUT2D eigenvalue weighted by Gasteiger charge is 2.32. The summed E-state index contributed by atoms with van der Waals surface area (Å²) in [6.45, 7) is 13.5. The molecule has 2 nitrogen and oxygen atoms in total. The van der Waals surface area contributed by atoms with E-state index in [1.807, 2.05) is 0 Å². The predicted octanol–water partition coefficient (Wildman–Crippen LogP) is 7.45. The molecule has 3 aromatic carbocycles. The van der Waals surface area contributed by atoms with Gasteiger partial charge in [0.1, 0.15) is 12.8 Å². The van der Waals surface area contributed by atoms with Crippen LogP contribution in [0.4, 0.5) is 0 Å². The molecule has 0 amide bonds. The van der Waals surface area contributed by atoms with Crippen molar-refractivity contribution in [2.45, 2.75) is 53.4 Å². The SMILES string of the molecule is Cc1cc2cc(C(C)C)cc3c2c(c1C)-c1c(cc2c(C(C)C)cccc2[n+]1C)O3. The molecule has 0 saturated heterocycles. The van der Waals surface area contributed by atoms with Crippen molar-refractivity contribution in [1.82, 2.24) is 0 Å². The Bertz CT molecular complexity index is 1340. The second-order valence-corrected chi connectivity index (χ2v) is 9.42. The normalized spacial score (nSPS) is 12.7. The Morgan fingerprint density at radius 1 is 0.867 bits per heavy atom. The van der Waals surface area contributed by atoms with Crippen molar-refractivity contribution < 1.29 is 9.30 Å². The Kier molecular flexibility index (Phi) is 4.18. The molecule has 0 aliphatic carbocycles. The lowest BCUT2D eigenvalue weighted by Gasteiger charge is -2.24. The van der Waals surface area contributed by atoms with Crippen LogP contribution in [-0.2, 0) is 7.05 Å². The maximum atomic E-state index is 6.64. The van der Waals surface area contributed by atoms with E-state index in [1.54, 1.807) is 0 Å². The zero-order valence-electron chi connectivity index (χ0n) is 19.1. The number of fused-ring (bicyclic) bond motifs is 3. The van der Waals surface area contributed by atoms with Crippen LogP contribution in [0.1, 0.15) is 61.8 Å². The summed E-state index contributed by atoms with van der Waals surface area (Å²) in [5.74, 6) is 2.87. The van der Waals surface area contributed by atoms with Gasteiger partial charge in [0.05, 0.1) is 10.9 Å². The van der Waals surface area contributed by atoms with Crippen molar-refractivity contribution in [3.63, 3.8) is 0 Å². The third kappa shape index (κ3) is 2.59. The topological polar surface area (TPSA) is 13.1 Å². The lowest BCUT2D eigenvalue weighted by Crippen LogP contribution is -2.34. The average molecular weight is 397 g/mol. The highest BCUT2D eigenvalue weighted by Crippen LogP contribution is 2.49. The summed E-state index contributed by atoms with van der Waals surface area (Å²) in [5.41, 5.74) is 9.09. The minimum absolute atomic E-state index is 0.459. The summed E-state index contributed by atoms with van der Waals surface area (Å²) in [6.07, 6.45) is 0. The number of aromatic nitrogens is 1. The second-order valence-electron chi connectivity index (χ2n) is 9.42. The molecule has 0 N–H and O–H groups in total. The van der Waals surface area contributed by atoms with Gasteiger partial charge in [-0.2, -0.15) is 4.57 Å². The van der Waals surface area contributed by atoms with Crippen LogP contribution in [0.15, 0.2) is 42.5 Å². The summed E-state index contributed by atoms with van der Waals surface area (Å²) < 4.78 is 8.97. The molecule has 0 unspecified atom stereocenters. The molecule has 0 saturated carbocycles. The van der Waals surface area contributed by atoms with Crippen LogP contribution in [0.2, 0.25) is 0 Å². The summed E-state index contributed by atoms with van der Waals surface area (Å²) in [7, 11) is 2.18. The fraction of sp³-hybridized carbons (Fsp3) is 0.321. The van der Waals surface area contributed by atoms with E-state index in [9.17, 15) is 0 Å². The number of nitrogens with zero attached hydrogens (tertiary/aromatic N) is 1. The largest absolute Gasteiger partial charge is 0.450 e. The molecule has 1 aliphatic heterocycles. The van der Waals surface area contributed by atoms with E-state index < -0.39 is 0 Å². The van der Waals surface area contributed by atoms with Gasteiger partial charge in [0, 0.05) is 17.5 Å². The van der Waals surface area contributed by atoms with Crippen LogP contribution in [0.3, 0.4) is 0 Å². The number of pyridine rings is 1. The minimum Gasteiger partial charge on any atom is -0.450 e. The fourth-order valence-corrected chi connectivity index (χ4v) is 4.97. The van der Waals surface area contributed by atoms with E-state index in [1.165, 1.54) is 55.2 Å². The molecule has 2 heterocycles. The van der Waals surface area contributed by atoms with Crippen LogP contribution >= 0.6 is 0 Å².